The summed E-state index contributed by atoms with van der Waals surface area (Å²) < 4.78 is 5.27. The van der Waals surface area contributed by atoms with E-state index in [2.05, 4.69) is 10.3 Å². The van der Waals surface area contributed by atoms with Gasteiger partial charge in [0.2, 0.25) is 0 Å². The van der Waals surface area contributed by atoms with Gasteiger partial charge < -0.3 is 10.1 Å². The molecule has 4 heteroatoms. The van der Waals surface area contributed by atoms with Gasteiger partial charge in [-0.1, -0.05) is 17.7 Å². The van der Waals surface area contributed by atoms with Gasteiger partial charge in [-0.15, -0.1) is 0 Å². The summed E-state index contributed by atoms with van der Waals surface area (Å²) in [7, 11) is 1.64. The van der Waals surface area contributed by atoms with Gasteiger partial charge in [-0.05, 0) is 37.3 Å². The van der Waals surface area contributed by atoms with Crippen LogP contribution >= 0.6 is 11.6 Å². The average molecular weight is 263 g/mol. The highest BCUT2D eigenvalue weighted by Gasteiger charge is 2.03. The second-order valence-corrected chi connectivity index (χ2v) is 4.40. The molecule has 0 unspecified atom stereocenters. The molecular formula is C14H15ClN2O. The second kappa shape index (κ2) is 5.74. The van der Waals surface area contributed by atoms with Crippen LogP contribution in [0.1, 0.15) is 11.4 Å². The predicted octanol–water partition coefficient (Wildman–Crippen LogP) is 3.66. The van der Waals surface area contributed by atoms with Crippen molar-refractivity contribution < 1.29 is 4.74 Å². The molecule has 0 aliphatic carbocycles. The molecule has 1 N–H and O–H groups in total. The van der Waals surface area contributed by atoms with Gasteiger partial charge in [0.1, 0.15) is 5.75 Å². The molecule has 0 bridgehead atoms. The quantitative estimate of drug-likeness (QED) is 0.913. The summed E-state index contributed by atoms with van der Waals surface area (Å²) in [5, 5.41) is 3.95. The number of hydrogen-bond donors (Lipinski definition) is 1. The minimum Gasteiger partial charge on any atom is -0.495 e. The van der Waals surface area contributed by atoms with Crippen LogP contribution in [0.5, 0.6) is 5.75 Å². The molecule has 0 amide bonds. The van der Waals surface area contributed by atoms with E-state index in [0.29, 0.717) is 11.6 Å². The van der Waals surface area contributed by atoms with Gasteiger partial charge in [0.05, 0.1) is 25.0 Å². The van der Waals surface area contributed by atoms with Gasteiger partial charge in [0.15, 0.2) is 0 Å². The SMILES string of the molecule is COc1ccc(Cl)cc1NCc1cccc(C)n1. The highest BCUT2D eigenvalue weighted by molar-refractivity contribution is 6.30. The van der Waals surface area contributed by atoms with Crippen molar-refractivity contribution in [3.05, 3.63) is 52.8 Å². The van der Waals surface area contributed by atoms with Crippen LogP contribution in [0.4, 0.5) is 5.69 Å². The van der Waals surface area contributed by atoms with Crippen molar-refractivity contribution in [2.45, 2.75) is 13.5 Å². The van der Waals surface area contributed by atoms with Gasteiger partial charge in [-0.2, -0.15) is 0 Å². The lowest BCUT2D eigenvalue weighted by Gasteiger charge is -2.11. The van der Waals surface area contributed by atoms with Crippen LogP contribution in [0, 0.1) is 6.92 Å². The topological polar surface area (TPSA) is 34.1 Å². The summed E-state index contributed by atoms with van der Waals surface area (Å²) in [5.74, 6) is 0.770. The van der Waals surface area contributed by atoms with E-state index in [0.717, 1.165) is 22.8 Å². The van der Waals surface area contributed by atoms with Crippen LogP contribution in [-0.4, -0.2) is 12.1 Å². The Balaban J connectivity index is 2.12. The van der Waals surface area contributed by atoms with Crippen molar-refractivity contribution in [3.63, 3.8) is 0 Å². The first-order chi connectivity index (χ1) is 8.69. The largest absolute Gasteiger partial charge is 0.495 e. The minimum atomic E-state index is 0.637. The van der Waals surface area contributed by atoms with Crippen LogP contribution in [0.2, 0.25) is 5.02 Å². The summed E-state index contributed by atoms with van der Waals surface area (Å²) in [4.78, 5) is 4.43. The molecule has 0 aliphatic rings. The maximum atomic E-state index is 5.97. The number of aryl methyl sites for hydroxylation is 1. The van der Waals surface area contributed by atoms with Gasteiger partial charge in [0, 0.05) is 10.7 Å². The van der Waals surface area contributed by atoms with Crippen LogP contribution in [0.25, 0.3) is 0 Å². The van der Waals surface area contributed by atoms with Crippen LogP contribution < -0.4 is 10.1 Å². The normalized spacial score (nSPS) is 10.2. The van der Waals surface area contributed by atoms with Gasteiger partial charge in [-0.3, -0.25) is 4.98 Å². The first-order valence-electron chi connectivity index (χ1n) is 5.69. The first-order valence-corrected chi connectivity index (χ1v) is 6.07. The Morgan fingerprint density at radius 2 is 2.11 bits per heavy atom. The van der Waals surface area contributed by atoms with E-state index in [1.54, 1.807) is 13.2 Å². The Morgan fingerprint density at radius 3 is 2.83 bits per heavy atom. The number of pyridine rings is 1. The Bertz CT molecular complexity index is 543. The summed E-state index contributed by atoms with van der Waals surface area (Å²) >= 11 is 5.97. The molecule has 18 heavy (non-hydrogen) atoms. The molecule has 0 radical (unpaired) electrons. The lowest BCUT2D eigenvalue weighted by atomic mass is 10.2. The molecule has 2 aromatic rings. The second-order valence-electron chi connectivity index (χ2n) is 3.97. The lowest BCUT2D eigenvalue weighted by molar-refractivity contribution is 0.416. The van der Waals surface area contributed by atoms with Crippen molar-refractivity contribution in [3.8, 4) is 5.75 Å². The molecule has 1 heterocycles. The molecule has 0 saturated heterocycles. The number of rotatable bonds is 4. The standard InChI is InChI=1S/C14H15ClN2O/c1-10-4-3-5-12(17-10)9-16-13-8-11(15)6-7-14(13)18-2/h3-8,16H,9H2,1-2H3. The van der Waals surface area contributed by atoms with Crippen molar-refractivity contribution in [2.24, 2.45) is 0 Å². The number of nitrogens with zero attached hydrogens (tertiary/aromatic N) is 1. The molecule has 94 valence electrons. The Kier molecular flexibility index (Phi) is 4.05. The maximum absolute atomic E-state index is 5.97. The predicted molar refractivity (Wildman–Crippen MR) is 74.3 cm³/mol. The third kappa shape index (κ3) is 3.14. The monoisotopic (exact) mass is 262 g/mol. The minimum absolute atomic E-state index is 0.637. The molecule has 3 nitrogen and oxygen atoms in total. The van der Waals surface area contributed by atoms with Crippen LogP contribution in [0.15, 0.2) is 36.4 Å². The van der Waals surface area contributed by atoms with Crippen molar-refractivity contribution in [2.75, 3.05) is 12.4 Å². The molecule has 0 spiro atoms. The van der Waals surface area contributed by atoms with Gasteiger partial charge in [0.25, 0.3) is 0 Å². The number of halogens is 1. The Morgan fingerprint density at radius 1 is 1.28 bits per heavy atom. The van der Waals surface area contributed by atoms with E-state index in [4.69, 9.17) is 16.3 Å². The lowest BCUT2D eigenvalue weighted by Crippen LogP contribution is -2.03. The van der Waals surface area contributed by atoms with Crippen molar-refractivity contribution in [1.82, 2.24) is 4.98 Å². The summed E-state index contributed by atoms with van der Waals surface area (Å²) in [6.07, 6.45) is 0. The number of ether oxygens (including phenoxy) is 1. The number of aromatic nitrogens is 1. The van der Waals surface area contributed by atoms with E-state index in [1.165, 1.54) is 0 Å². The zero-order chi connectivity index (χ0) is 13.0. The number of nitrogens with one attached hydrogen (secondary N) is 1. The number of methoxy groups -OCH3 is 1. The Labute approximate surface area is 112 Å². The maximum Gasteiger partial charge on any atom is 0.142 e. The molecule has 0 aliphatic heterocycles. The molecule has 0 saturated carbocycles. The summed E-state index contributed by atoms with van der Waals surface area (Å²) in [6.45, 7) is 2.61. The zero-order valence-electron chi connectivity index (χ0n) is 10.4. The zero-order valence-corrected chi connectivity index (χ0v) is 11.2. The molecule has 0 fully saturated rings. The van der Waals surface area contributed by atoms with Crippen LogP contribution in [-0.2, 0) is 6.54 Å². The van der Waals surface area contributed by atoms with Crippen LogP contribution in [0.3, 0.4) is 0 Å². The Hall–Kier alpha value is -1.74. The van der Waals surface area contributed by atoms with Gasteiger partial charge in [-0.25, -0.2) is 0 Å². The molecule has 2 rings (SSSR count). The third-order valence-corrected chi connectivity index (χ3v) is 2.80. The molecular weight excluding hydrogens is 248 g/mol. The smallest absolute Gasteiger partial charge is 0.142 e. The van der Waals surface area contributed by atoms with E-state index in [1.807, 2.05) is 37.3 Å². The van der Waals surface area contributed by atoms with Crippen molar-refractivity contribution >= 4 is 17.3 Å². The van der Waals surface area contributed by atoms with E-state index in [-0.39, 0.29) is 0 Å². The van der Waals surface area contributed by atoms with E-state index < -0.39 is 0 Å². The number of benzene rings is 1. The number of anilines is 1. The first kappa shape index (κ1) is 12.7. The third-order valence-electron chi connectivity index (χ3n) is 2.57. The number of hydrogen-bond acceptors (Lipinski definition) is 3. The molecule has 1 aromatic heterocycles. The fourth-order valence-electron chi connectivity index (χ4n) is 1.70. The molecule has 1 aromatic carbocycles. The van der Waals surface area contributed by atoms with E-state index in [9.17, 15) is 0 Å². The fourth-order valence-corrected chi connectivity index (χ4v) is 1.87. The highest BCUT2D eigenvalue weighted by Crippen LogP contribution is 2.27. The highest BCUT2D eigenvalue weighted by atomic mass is 35.5. The fraction of sp³-hybridized carbons (Fsp3) is 0.214. The van der Waals surface area contributed by atoms with Gasteiger partial charge >= 0.3 is 0 Å². The van der Waals surface area contributed by atoms with Crippen molar-refractivity contribution in [1.29, 1.82) is 0 Å². The summed E-state index contributed by atoms with van der Waals surface area (Å²) in [5.41, 5.74) is 2.86. The summed E-state index contributed by atoms with van der Waals surface area (Å²) in [6, 6.07) is 11.4. The average Bonchev–Trinajstić information content (AvgIpc) is 2.37. The molecule has 0 atom stereocenters. The van der Waals surface area contributed by atoms with E-state index >= 15 is 0 Å².